The number of aromatic hydroxyl groups is 2. The summed E-state index contributed by atoms with van der Waals surface area (Å²) in [6.07, 6.45) is 9.78. The van der Waals surface area contributed by atoms with Crippen molar-refractivity contribution < 1.29 is 63.6 Å². The van der Waals surface area contributed by atoms with E-state index < -0.39 is 84.3 Å². The maximum Gasteiger partial charge on any atom is 0.296 e. The number of rotatable bonds is 14. The molecule has 0 aromatic heterocycles. The molecule has 7 rings (SSSR count). The van der Waals surface area contributed by atoms with Crippen molar-refractivity contribution in [3.05, 3.63) is 137 Å². The number of nitro groups is 1. The van der Waals surface area contributed by atoms with E-state index in [1.165, 1.54) is 67.8 Å². The third kappa shape index (κ3) is 11.0. The van der Waals surface area contributed by atoms with Gasteiger partial charge in [0, 0.05) is 35.7 Å². The second kappa shape index (κ2) is 18.8. The first-order chi connectivity index (χ1) is 32.1. The molecule has 0 aliphatic heterocycles. The van der Waals surface area contributed by atoms with Crippen LogP contribution >= 0.6 is 0 Å². The molecule has 0 unspecified atom stereocenters. The number of methoxy groups -OCH3 is 1. The van der Waals surface area contributed by atoms with E-state index >= 15 is 0 Å². The highest BCUT2D eigenvalue weighted by Crippen LogP contribution is 2.45. The van der Waals surface area contributed by atoms with Gasteiger partial charge < -0.3 is 25.7 Å². The van der Waals surface area contributed by atoms with E-state index in [-0.39, 0.29) is 50.7 Å². The summed E-state index contributed by atoms with van der Waals surface area (Å²) in [6.45, 7) is 0. The van der Waals surface area contributed by atoms with Gasteiger partial charge in [-0.1, -0.05) is 0 Å². The van der Waals surface area contributed by atoms with Gasteiger partial charge in [0.1, 0.15) is 38.4 Å². The molecule has 0 atom stereocenters. The molecule has 0 bridgehead atoms. The minimum absolute atomic E-state index is 0.0613. The quantitative estimate of drug-likeness (QED) is 0.0107. The van der Waals surface area contributed by atoms with Gasteiger partial charge in [0.2, 0.25) is 5.78 Å². The van der Waals surface area contributed by atoms with Crippen LogP contribution in [0.3, 0.4) is 0 Å². The topological polar surface area (TPSA) is 371 Å². The van der Waals surface area contributed by atoms with E-state index in [0.717, 1.165) is 30.3 Å². The average Bonchev–Trinajstić information content (AvgIpc) is 3.27. The van der Waals surface area contributed by atoms with Crippen molar-refractivity contribution >= 4 is 104 Å². The number of phenolic OH excluding ortho intramolecular Hbond substituents is 2. The Bertz CT molecular complexity index is 3550. The number of allylic oxidation sites excluding steroid dienone is 7. The first-order valence-corrected chi connectivity index (χ1v) is 23.2. The monoisotopic (exact) mass is 985 g/mol. The Kier molecular flexibility index (Phi) is 13.1. The Morgan fingerprint density at radius 3 is 1.93 bits per heavy atom. The van der Waals surface area contributed by atoms with Crippen LogP contribution in [0.4, 0.5) is 39.8 Å². The zero-order valence-corrected chi connectivity index (χ0v) is 36.7. The van der Waals surface area contributed by atoms with Crippen LogP contribution in [0, 0.1) is 10.1 Å². The van der Waals surface area contributed by atoms with E-state index in [2.05, 4.69) is 41.6 Å². The number of benzene rings is 5. The van der Waals surface area contributed by atoms with Crippen LogP contribution in [0.1, 0.15) is 0 Å². The fraction of sp³-hybridized carbons (Fsp3) is 0.0244. The Balaban J connectivity index is 1.08. The summed E-state index contributed by atoms with van der Waals surface area (Å²) in [4.78, 5) is 24.9. The Morgan fingerprint density at radius 2 is 1.31 bits per heavy atom. The largest absolute Gasteiger partial charge is 0.506 e. The molecule has 5 aromatic carbocycles. The molecule has 5 aromatic rings. The summed E-state index contributed by atoms with van der Waals surface area (Å²) in [5.74, 6) is -1.37. The van der Waals surface area contributed by atoms with Crippen molar-refractivity contribution in [2.45, 2.75) is 14.7 Å². The molecule has 24 nitrogen and oxygen atoms in total. The van der Waals surface area contributed by atoms with Gasteiger partial charge >= 0.3 is 0 Å². The van der Waals surface area contributed by atoms with E-state index in [0.29, 0.717) is 17.5 Å². The van der Waals surface area contributed by atoms with Crippen molar-refractivity contribution in [2.24, 2.45) is 25.4 Å². The number of hydrogen-bond acceptors (Lipinski definition) is 20. The highest BCUT2D eigenvalue weighted by molar-refractivity contribution is 7.86. The molecule has 2 aliphatic carbocycles. The highest BCUT2D eigenvalue weighted by atomic mass is 32.2. The molecule has 0 saturated heterocycles. The number of hydrazine groups is 1. The summed E-state index contributed by atoms with van der Waals surface area (Å²) in [5, 5.41) is 51.7. The molecule has 0 radical (unpaired) electrons. The van der Waals surface area contributed by atoms with Crippen LogP contribution in [-0.2, 0) is 35.1 Å². The number of carbonyl (C=O) groups is 1. The van der Waals surface area contributed by atoms with Crippen LogP contribution in [0.2, 0.25) is 0 Å². The van der Waals surface area contributed by atoms with Crippen LogP contribution in [0.15, 0.2) is 167 Å². The zero-order valence-electron chi connectivity index (χ0n) is 34.3. The fourth-order valence-corrected chi connectivity index (χ4v) is 8.07. The lowest BCUT2D eigenvalue weighted by molar-refractivity contribution is -0.385. The van der Waals surface area contributed by atoms with Crippen molar-refractivity contribution in [2.75, 3.05) is 23.3 Å². The Labute approximate surface area is 383 Å². The number of azo groups is 1. The van der Waals surface area contributed by atoms with Gasteiger partial charge in [-0.15, -0.1) is 15.3 Å². The summed E-state index contributed by atoms with van der Waals surface area (Å²) in [5.41, 5.74) is 4.47. The minimum Gasteiger partial charge on any atom is -0.506 e. The fourth-order valence-electron chi connectivity index (χ4n) is 6.20. The molecule has 348 valence electrons. The van der Waals surface area contributed by atoms with Gasteiger partial charge in [-0.2, -0.15) is 30.4 Å². The van der Waals surface area contributed by atoms with E-state index in [9.17, 15) is 64.0 Å². The van der Waals surface area contributed by atoms with E-state index in [4.69, 9.17) is 4.74 Å². The average molecular weight is 986 g/mol. The first kappa shape index (κ1) is 47.5. The van der Waals surface area contributed by atoms with Gasteiger partial charge in [-0.3, -0.25) is 34.0 Å². The Morgan fingerprint density at radius 1 is 0.662 bits per heavy atom. The number of ketones is 1. The summed E-state index contributed by atoms with van der Waals surface area (Å²) in [7, 11) is -13.5. The number of anilines is 3. The standard InChI is InChI=1S/C41H31N9O15S3/c1-65-29-11-6-25(7-12-29)45-49-40-38(68(62,63)64)17-22-16-30(66(56,57)58)21-34(39(22)41(40)53)48-47-32-14-9-27(19-36(32)52)42-26-8-13-31(35(51)18-26)46-44-24-4-2-23(3-5-24)43-33-15-10-28(50(54)55)20-37(33)67(59,60)61/h2-21,42,45,49,52-53H,1H3,(H,56,57,58)(H,59,60,61)(H,62,63,64). The molecule has 0 spiro atoms. The number of ether oxygens (including phenoxy) is 1. The van der Waals surface area contributed by atoms with Gasteiger partial charge in [-0.25, -0.2) is 4.99 Å². The summed E-state index contributed by atoms with van der Waals surface area (Å²) < 4.78 is 108. The summed E-state index contributed by atoms with van der Waals surface area (Å²) in [6, 6.07) is 15.4. The van der Waals surface area contributed by atoms with Crippen molar-refractivity contribution in [3.63, 3.8) is 0 Å². The number of nitrogens with zero attached hydrogens (tertiary/aromatic N) is 6. The van der Waals surface area contributed by atoms with Crippen LogP contribution < -0.4 is 20.9 Å². The number of aliphatic imine (C=N–C) groups is 1. The number of hydrogen-bond donors (Lipinski definition) is 8. The van der Waals surface area contributed by atoms with Gasteiger partial charge in [0.05, 0.1) is 50.8 Å². The highest BCUT2D eigenvalue weighted by Gasteiger charge is 2.26. The number of fused-ring (bicyclic) bond motifs is 1. The van der Waals surface area contributed by atoms with E-state index in [1.807, 2.05) is 0 Å². The van der Waals surface area contributed by atoms with Crippen molar-refractivity contribution in [1.82, 2.24) is 0 Å². The van der Waals surface area contributed by atoms with Gasteiger partial charge in [-0.05, 0) is 103 Å². The molecule has 0 heterocycles. The van der Waals surface area contributed by atoms with Crippen molar-refractivity contribution in [3.8, 4) is 17.2 Å². The lowest BCUT2D eigenvalue weighted by Crippen LogP contribution is -2.15. The van der Waals surface area contributed by atoms with Crippen LogP contribution in [-0.4, -0.2) is 84.1 Å². The maximum absolute atomic E-state index is 12.9. The summed E-state index contributed by atoms with van der Waals surface area (Å²) >= 11 is 0. The number of nitrogens with one attached hydrogen (secondary N) is 3. The van der Waals surface area contributed by atoms with Gasteiger partial charge in [0.15, 0.2) is 5.75 Å². The van der Waals surface area contributed by atoms with Crippen LogP contribution in [0.5, 0.6) is 17.2 Å². The lowest BCUT2D eigenvalue weighted by Gasteiger charge is -2.17. The normalized spacial score (nSPS) is 14.6. The third-order valence-electron chi connectivity index (χ3n) is 9.42. The van der Waals surface area contributed by atoms with E-state index in [1.54, 1.807) is 24.3 Å². The van der Waals surface area contributed by atoms with Crippen LogP contribution in [0.25, 0.3) is 10.8 Å². The molecule has 8 N–H and O–H groups in total. The molecule has 0 amide bonds. The Hall–Kier alpha value is -8.47. The van der Waals surface area contributed by atoms with Crippen molar-refractivity contribution in [1.29, 1.82) is 0 Å². The molecule has 27 heteroatoms. The second-order valence-corrected chi connectivity index (χ2v) is 18.2. The number of carbonyl (C=O) groups excluding carboxylic acids is 1. The predicted molar refractivity (Wildman–Crippen MR) is 247 cm³/mol. The molecule has 0 fully saturated rings. The molecular weight excluding hydrogens is 955 g/mol. The number of phenols is 2. The smallest absolute Gasteiger partial charge is 0.296 e. The first-order valence-electron chi connectivity index (χ1n) is 18.8. The number of nitro benzene ring substituents is 1. The molecule has 68 heavy (non-hydrogen) atoms. The van der Waals surface area contributed by atoms with Gasteiger partial charge in [0.25, 0.3) is 36.0 Å². The zero-order chi connectivity index (χ0) is 49.1. The SMILES string of the molecule is COc1ccc(NNc2c(S(=O)(=O)O)cc3cc(S(=O)(=O)O)cc(N=Nc4ccc(NC5=CC(=O)C(=NN=C6C=CC(=Nc7ccc([N+](=O)[O-])cc7S(=O)(=O)O)C=C6)C=C5)cc4O)c3c2O)cc1. The number of non-ortho nitro benzene ring substituents is 1. The maximum atomic E-state index is 12.9. The molecule has 2 aliphatic rings. The molecular formula is C41H31N9O15S3. The predicted octanol–water partition coefficient (Wildman–Crippen LogP) is 6.89. The molecule has 0 saturated carbocycles. The second-order valence-electron chi connectivity index (χ2n) is 14.0. The third-order valence-corrected chi connectivity index (χ3v) is 12.0. The minimum atomic E-state index is -5.09. The lowest BCUT2D eigenvalue weighted by atomic mass is 10.1.